The predicted octanol–water partition coefficient (Wildman–Crippen LogP) is 14.5. The van der Waals surface area contributed by atoms with Gasteiger partial charge in [-0.3, -0.25) is 0 Å². The first-order valence-corrected chi connectivity index (χ1v) is 20.4. The van der Waals surface area contributed by atoms with Crippen molar-refractivity contribution in [2.45, 2.75) is 37.5 Å². The van der Waals surface area contributed by atoms with E-state index in [9.17, 15) is 0 Å². The zero-order chi connectivity index (χ0) is 36.1. The summed E-state index contributed by atoms with van der Waals surface area (Å²) in [7, 11) is 0. The van der Waals surface area contributed by atoms with Crippen LogP contribution < -0.4 is 4.90 Å². The third kappa shape index (κ3) is 4.59. The molecule has 13 rings (SSSR count). The molecular weight excluding hydrogens is 663 g/mol. The molecule has 0 aliphatic heterocycles. The summed E-state index contributed by atoms with van der Waals surface area (Å²) in [6, 6.07) is 66.2. The summed E-state index contributed by atoms with van der Waals surface area (Å²) in [5.74, 6) is 3.31. The number of nitrogens with zero attached hydrogens (tertiary/aromatic N) is 1. The van der Waals surface area contributed by atoms with Gasteiger partial charge in [-0.2, -0.15) is 0 Å². The molecule has 1 nitrogen and oxygen atoms in total. The molecule has 4 fully saturated rings. The Bertz CT molecular complexity index is 2730. The molecule has 0 unspecified atom stereocenters. The smallest absolute Gasteiger partial charge is 0.0543 e. The molecule has 0 aromatic heterocycles. The molecule has 0 amide bonds. The monoisotopic (exact) mass is 705 g/mol. The summed E-state index contributed by atoms with van der Waals surface area (Å²) in [5.41, 5.74) is 14.8. The molecule has 8 aromatic carbocycles. The summed E-state index contributed by atoms with van der Waals surface area (Å²) >= 11 is 0. The first kappa shape index (κ1) is 31.4. The first-order valence-electron chi connectivity index (χ1n) is 20.4. The van der Waals surface area contributed by atoms with Gasteiger partial charge in [-0.15, -0.1) is 0 Å². The molecule has 1 heteroatoms. The molecule has 1 spiro atoms. The maximum Gasteiger partial charge on any atom is 0.0543 e. The highest BCUT2D eigenvalue weighted by Crippen LogP contribution is 2.70. The first-order chi connectivity index (χ1) is 27.2. The number of anilines is 3. The summed E-state index contributed by atoms with van der Waals surface area (Å²) in [4.78, 5) is 2.54. The van der Waals surface area contributed by atoms with Crippen molar-refractivity contribution in [3.8, 4) is 33.4 Å². The van der Waals surface area contributed by atoms with Crippen molar-refractivity contribution in [3.05, 3.63) is 187 Å². The van der Waals surface area contributed by atoms with Crippen molar-refractivity contribution in [2.75, 3.05) is 4.90 Å². The Morgan fingerprint density at radius 2 is 0.964 bits per heavy atom. The van der Waals surface area contributed by atoms with E-state index in [2.05, 4.69) is 181 Å². The van der Waals surface area contributed by atoms with E-state index < -0.39 is 0 Å². The van der Waals surface area contributed by atoms with Gasteiger partial charge in [0, 0.05) is 22.4 Å². The van der Waals surface area contributed by atoms with Gasteiger partial charge in [0.25, 0.3) is 0 Å². The Balaban J connectivity index is 1.04. The Morgan fingerprint density at radius 1 is 0.400 bits per heavy atom. The van der Waals surface area contributed by atoms with E-state index in [1.165, 1.54) is 104 Å². The Kier molecular flexibility index (Phi) is 6.88. The van der Waals surface area contributed by atoms with E-state index in [0.717, 1.165) is 23.7 Å². The molecule has 5 aliphatic carbocycles. The minimum atomic E-state index is 0.124. The average Bonchev–Trinajstić information content (AvgIpc) is 3.54. The quantitative estimate of drug-likeness (QED) is 0.161. The Hall–Kier alpha value is -5.92. The van der Waals surface area contributed by atoms with Crippen molar-refractivity contribution in [1.82, 2.24) is 0 Å². The highest BCUT2D eigenvalue weighted by atomic mass is 15.1. The van der Waals surface area contributed by atoms with Crippen molar-refractivity contribution >= 4 is 38.6 Å². The Morgan fingerprint density at radius 3 is 1.69 bits per heavy atom. The fourth-order valence-electron chi connectivity index (χ4n) is 12.3. The number of hydrogen-bond donors (Lipinski definition) is 0. The van der Waals surface area contributed by atoms with Crippen LogP contribution in [0.2, 0.25) is 0 Å². The second kappa shape index (κ2) is 12.0. The predicted molar refractivity (Wildman–Crippen MR) is 230 cm³/mol. The lowest BCUT2D eigenvalue weighted by Crippen LogP contribution is -2.55. The maximum absolute atomic E-state index is 2.54. The van der Waals surface area contributed by atoms with Gasteiger partial charge in [-0.1, -0.05) is 140 Å². The number of fused-ring (bicyclic) bond motifs is 6. The summed E-state index contributed by atoms with van der Waals surface area (Å²) in [6.45, 7) is 0. The van der Waals surface area contributed by atoms with Crippen LogP contribution in [0.25, 0.3) is 54.9 Å². The van der Waals surface area contributed by atoms with Crippen LogP contribution in [0.1, 0.15) is 43.2 Å². The van der Waals surface area contributed by atoms with E-state index in [4.69, 9.17) is 0 Å². The third-order valence-corrected chi connectivity index (χ3v) is 14.2. The minimum absolute atomic E-state index is 0.124. The molecule has 0 N–H and O–H groups in total. The lowest BCUT2D eigenvalue weighted by Gasteiger charge is -2.61. The fraction of sp³-hybridized carbons (Fsp3) is 0.185. The van der Waals surface area contributed by atoms with Gasteiger partial charge in [0.05, 0.1) is 5.69 Å². The van der Waals surface area contributed by atoms with Crippen molar-refractivity contribution in [2.24, 2.45) is 23.7 Å². The molecule has 264 valence electrons. The highest BCUT2D eigenvalue weighted by Gasteiger charge is 2.61. The second-order valence-corrected chi connectivity index (χ2v) is 16.9. The molecule has 8 aromatic rings. The van der Waals surface area contributed by atoms with Crippen molar-refractivity contribution in [3.63, 3.8) is 0 Å². The van der Waals surface area contributed by atoms with Crippen molar-refractivity contribution in [1.29, 1.82) is 0 Å². The van der Waals surface area contributed by atoms with E-state index in [-0.39, 0.29) is 5.41 Å². The van der Waals surface area contributed by atoms with Crippen LogP contribution in [0, 0.1) is 23.7 Å². The van der Waals surface area contributed by atoms with E-state index >= 15 is 0 Å². The summed E-state index contributed by atoms with van der Waals surface area (Å²) < 4.78 is 0. The standard InChI is InChI=1S/C54H43N/c1-2-11-37(12-3-1)38-21-25-43(26-22-38)55(44-27-23-39(24-28-44)49-34-40-13-4-5-14-45(40)46-15-6-7-16-47(46)49)52-20-10-19-51-53(52)48-17-8-9-18-50(48)54(51)41-30-35-29-36(32-41)33-42(54)31-35/h1-28,34-36,41-42H,29-33H2. The number of rotatable bonds is 5. The van der Waals surface area contributed by atoms with Gasteiger partial charge >= 0.3 is 0 Å². The molecule has 0 radical (unpaired) electrons. The van der Waals surface area contributed by atoms with Gasteiger partial charge in [0.2, 0.25) is 0 Å². The summed E-state index contributed by atoms with van der Waals surface area (Å²) in [5, 5.41) is 5.18. The molecule has 55 heavy (non-hydrogen) atoms. The van der Waals surface area contributed by atoms with Crippen molar-refractivity contribution < 1.29 is 0 Å². The molecule has 4 bridgehead atoms. The van der Waals surface area contributed by atoms with Crippen LogP contribution in [0.15, 0.2) is 176 Å². The van der Waals surface area contributed by atoms with Gasteiger partial charge in [-0.05, 0) is 153 Å². The normalized spacial score (nSPS) is 23.0. The fourth-order valence-corrected chi connectivity index (χ4v) is 12.3. The molecule has 0 atom stereocenters. The van der Waals surface area contributed by atoms with Gasteiger partial charge in [-0.25, -0.2) is 0 Å². The molecule has 4 saturated carbocycles. The largest absolute Gasteiger partial charge is 0.310 e. The van der Waals surface area contributed by atoms with E-state index in [0.29, 0.717) is 0 Å². The van der Waals surface area contributed by atoms with Crippen LogP contribution in [-0.2, 0) is 5.41 Å². The zero-order valence-corrected chi connectivity index (χ0v) is 31.0. The average molecular weight is 706 g/mol. The lowest BCUT2D eigenvalue weighted by molar-refractivity contribution is -0.0399. The molecule has 5 aliphatic rings. The maximum atomic E-state index is 2.54. The molecule has 0 saturated heterocycles. The van der Waals surface area contributed by atoms with Crippen LogP contribution in [0.3, 0.4) is 0 Å². The second-order valence-electron chi connectivity index (χ2n) is 16.9. The third-order valence-electron chi connectivity index (χ3n) is 14.2. The van der Waals surface area contributed by atoms with E-state index in [1.54, 1.807) is 11.1 Å². The molecule has 0 heterocycles. The number of benzene rings is 8. The van der Waals surface area contributed by atoms with Gasteiger partial charge < -0.3 is 4.90 Å². The number of hydrogen-bond acceptors (Lipinski definition) is 1. The topological polar surface area (TPSA) is 3.24 Å². The molecular formula is C54H43N. The Labute approximate surface area is 323 Å². The lowest BCUT2D eigenvalue weighted by atomic mass is 9.43. The minimum Gasteiger partial charge on any atom is -0.310 e. The van der Waals surface area contributed by atoms with Crippen LogP contribution in [0.5, 0.6) is 0 Å². The van der Waals surface area contributed by atoms with Gasteiger partial charge in [0.1, 0.15) is 0 Å². The highest BCUT2D eigenvalue weighted by molar-refractivity contribution is 6.13. The van der Waals surface area contributed by atoms with Crippen LogP contribution in [-0.4, -0.2) is 0 Å². The summed E-state index contributed by atoms with van der Waals surface area (Å²) in [6.07, 6.45) is 7.03. The van der Waals surface area contributed by atoms with Gasteiger partial charge in [0.15, 0.2) is 0 Å². The van der Waals surface area contributed by atoms with Crippen LogP contribution >= 0.6 is 0 Å². The van der Waals surface area contributed by atoms with E-state index in [1.807, 2.05) is 0 Å². The zero-order valence-electron chi connectivity index (χ0n) is 31.0. The van der Waals surface area contributed by atoms with Crippen LogP contribution in [0.4, 0.5) is 17.1 Å². The SMILES string of the molecule is c1ccc(-c2ccc(N(c3ccc(-c4cc5ccccc5c5ccccc45)cc3)c3cccc4c3-c3ccccc3C43C4CC5CC(C4)CC3C5)cc2)cc1.